The van der Waals surface area contributed by atoms with Gasteiger partial charge in [-0.15, -0.1) is 0 Å². The minimum Gasteiger partial charge on any atom is -0.369 e. The lowest BCUT2D eigenvalue weighted by Gasteiger charge is -2.27. The predicted octanol–water partition coefficient (Wildman–Crippen LogP) is 2.24. The molecular formula is C24H31N3O2. The highest BCUT2D eigenvalue weighted by Crippen LogP contribution is 2.20. The van der Waals surface area contributed by atoms with Gasteiger partial charge in [-0.05, 0) is 37.8 Å². The number of primary amides is 1. The molecule has 0 spiro atoms. The van der Waals surface area contributed by atoms with Crippen LogP contribution in [0.5, 0.6) is 0 Å². The molecule has 2 aromatic carbocycles. The minimum atomic E-state index is -0.427. The molecule has 29 heavy (non-hydrogen) atoms. The third-order valence-corrected chi connectivity index (χ3v) is 5.79. The van der Waals surface area contributed by atoms with Crippen molar-refractivity contribution in [2.45, 2.75) is 26.7 Å². The van der Waals surface area contributed by atoms with Gasteiger partial charge in [0, 0.05) is 26.2 Å². The van der Waals surface area contributed by atoms with Crippen LogP contribution in [0.2, 0.25) is 0 Å². The molecule has 1 fully saturated rings. The van der Waals surface area contributed by atoms with E-state index in [4.69, 9.17) is 5.73 Å². The number of carbonyl (C=O) groups is 2. The van der Waals surface area contributed by atoms with E-state index in [0.29, 0.717) is 26.2 Å². The van der Waals surface area contributed by atoms with E-state index in [2.05, 4.69) is 67.7 Å². The van der Waals surface area contributed by atoms with Crippen molar-refractivity contribution in [2.24, 2.45) is 17.6 Å². The minimum absolute atomic E-state index is 0.0259. The summed E-state index contributed by atoms with van der Waals surface area (Å²) < 4.78 is 0. The van der Waals surface area contributed by atoms with Crippen LogP contribution in [0.15, 0.2) is 48.5 Å². The Morgan fingerprint density at radius 3 is 1.76 bits per heavy atom. The summed E-state index contributed by atoms with van der Waals surface area (Å²) >= 11 is 0. The predicted molar refractivity (Wildman–Crippen MR) is 115 cm³/mol. The highest BCUT2D eigenvalue weighted by molar-refractivity contribution is 5.88. The molecule has 2 aromatic rings. The van der Waals surface area contributed by atoms with Gasteiger partial charge in [0.25, 0.3) is 0 Å². The van der Waals surface area contributed by atoms with Crippen molar-refractivity contribution in [3.8, 4) is 0 Å². The van der Waals surface area contributed by atoms with Gasteiger partial charge in [-0.3, -0.25) is 9.59 Å². The molecule has 1 aliphatic rings. The second-order valence-electron chi connectivity index (χ2n) is 8.07. The van der Waals surface area contributed by atoms with E-state index in [1.807, 2.05) is 4.90 Å². The number of nitrogens with zero attached hydrogens (tertiary/aromatic N) is 1. The van der Waals surface area contributed by atoms with E-state index in [0.717, 1.165) is 12.8 Å². The number of rotatable bonds is 8. The Balaban J connectivity index is 1.70. The van der Waals surface area contributed by atoms with Gasteiger partial charge < -0.3 is 16.0 Å². The SMILES string of the molecule is Cc1ccc(CCN(CCc2ccc(C)cc2)C(=O)C2CNCC2C(N)=O)cc1. The summed E-state index contributed by atoms with van der Waals surface area (Å²) in [6.45, 7) is 6.40. The summed E-state index contributed by atoms with van der Waals surface area (Å²) in [5.41, 5.74) is 10.4. The smallest absolute Gasteiger partial charge is 0.227 e. The quantitative estimate of drug-likeness (QED) is 0.722. The standard InChI is InChI=1S/C24H31N3O2/c1-17-3-7-19(8-4-17)11-13-27(14-12-20-9-5-18(2)6-10-20)24(29)22-16-26-15-21(22)23(25)28/h3-10,21-22,26H,11-16H2,1-2H3,(H2,25,28). The largest absolute Gasteiger partial charge is 0.369 e. The molecule has 2 atom stereocenters. The molecule has 0 bridgehead atoms. The summed E-state index contributed by atoms with van der Waals surface area (Å²) in [6.07, 6.45) is 1.59. The fourth-order valence-corrected chi connectivity index (χ4v) is 3.84. The van der Waals surface area contributed by atoms with Crippen molar-refractivity contribution < 1.29 is 9.59 Å². The van der Waals surface area contributed by atoms with Gasteiger partial charge in [-0.2, -0.15) is 0 Å². The van der Waals surface area contributed by atoms with Crippen molar-refractivity contribution >= 4 is 11.8 Å². The Kier molecular flexibility index (Phi) is 7.04. The van der Waals surface area contributed by atoms with Gasteiger partial charge in [0.15, 0.2) is 0 Å². The monoisotopic (exact) mass is 393 g/mol. The molecule has 3 rings (SSSR count). The summed E-state index contributed by atoms with van der Waals surface area (Å²) in [5.74, 6) is -1.17. The molecule has 1 saturated heterocycles. The number of hydrogen-bond acceptors (Lipinski definition) is 3. The van der Waals surface area contributed by atoms with Crippen LogP contribution >= 0.6 is 0 Å². The maximum atomic E-state index is 13.3. The van der Waals surface area contributed by atoms with E-state index in [1.54, 1.807) is 0 Å². The van der Waals surface area contributed by atoms with E-state index in [1.165, 1.54) is 22.3 Å². The zero-order chi connectivity index (χ0) is 20.8. The van der Waals surface area contributed by atoms with Gasteiger partial charge >= 0.3 is 0 Å². The average molecular weight is 394 g/mol. The number of benzene rings is 2. The molecule has 2 unspecified atom stereocenters. The topological polar surface area (TPSA) is 75.4 Å². The van der Waals surface area contributed by atoms with Crippen LogP contribution in [0.4, 0.5) is 0 Å². The fourth-order valence-electron chi connectivity index (χ4n) is 3.84. The van der Waals surface area contributed by atoms with Crippen LogP contribution in [0.3, 0.4) is 0 Å². The Bertz CT molecular complexity index is 781. The lowest BCUT2D eigenvalue weighted by Crippen LogP contribution is -2.44. The van der Waals surface area contributed by atoms with Crippen LogP contribution in [0.1, 0.15) is 22.3 Å². The maximum Gasteiger partial charge on any atom is 0.227 e. The number of aryl methyl sites for hydroxylation is 2. The molecule has 2 amide bonds. The molecule has 0 radical (unpaired) electrons. The van der Waals surface area contributed by atoms with Crippen LogP contribution in [0, 0.1) is 25.7 Å². The van der Waals surface area contributed by atoms with Crippen LogP contribution in [-0.4, -0.2) is 42.9 Å². The number of hydrogen-bond donors (Lipinski definition) is 2. The van der Waals surface area contributed by atoms with E-state index >= 15 is 0 Å². The molecule has 3 N–H and O–H groups in total. The lowest BCUT2D eigenvalue weighted by molar-refractivity contribution is -0.139. The van der Waals surface area contributed by atoms with Crippen molar-refractivity contribution in [1.29, 1.82) is 0 Å². The second-order valence-corrected chi connectivity index (χ2v) is 8.07. The molecule has 0 aliphatic carbocycles. The summed E-state index contributed by atoms with van der Waals surface area (Å²) in [4.78, 5) is 27.0. The third-order valence-electron chi connectivity index (χ3n) is 5.79. The summed E-state index contributed by atoms with van der Waals surface area (Å²) in [5, 5.41) is 3.15. The Morgan fingerprint density at radius 1 is 0.862 bits per heavy atom. The second kappa shape index (κ2) is 9.70. The molecule has 5 nitrogen and oxygen atoms in total. The number of nitrogens with one attached hydrogen (secondary N) is 1. The fraction of sp³-hybridized carbons (Fsp3) is 0.417. The van der Waals surface area contributed by atoms with E-state index in [-0.39, 0.29) is 11.8 Å². The molecule has 0 aromatic heterocycles. The number of nitrogens with two attached hydrogens (primary N) is 1. The van der Waals surface area contributed by atoms with Gasteiger partial charge in [0.2, 0.25) is 11.8 Å². The van der Waals surface area contributed by atoms with Gasteiger partial charge in [-0.1, -0.05) is 59.7 Å². The highest BCUT2D eigenvalue weighted by Gasteiger charge is 2.38. The zero-order valence-corrected chi connectivity index (χ0v) is 17.4. The highest BCUT2D eigenvalue weighted by atomic mass is 16.2. The first-order chi connectivity index (χ1) is 13.9. The van der Waals surface area contributed by atoms with Crippen LogP contribution < -0.4 is 11.1 Å². The summed E-state index contributed by atoms with van der Waals surface area (Å²) in [6, 6.07) is 16.8. The van der Waals surface area contributed by atoms with Crippen LogP contribution in [0.25, 0.3) is 0 Å². The van der Waals surface area contributed by atoms with Crippen molar-refractivity contribution in [2.75, 3.05) is 26.2 Å². The lowest BCUT2D eigenvalue weighted by atomic mass is 9.93. The first kappa shape index (κ1) is 21.1. The molecule has 5 heteroatoms. The first-order valence-electron chi connectivity index (χ1n) is 10.3. The normalized spacial score (nSPS) is 18.6. The first-order valence-corrected chi connectivity index (χ1v) is 10.3. The Morgan fingerprint density at radius 2 is 1.31 bits per heavy atom. The number of amides is 2. The molecule has 154 valence electrons. The van der Waals surface area contributed by atoms with Crippen molar-refractivity contribution in [3.63, 3.8) is 0 Å². The molecular weight excluding hydrogens is 362 g/mol. The summed E-state index contributed by atoms with van der Waals surface area (Å²) in [7, 11) is 0. The van der Waals surface area contributed by atoms with E-state index < -0.39 is 11.8 Å². The van der Waals surface area contributed by atoms with E-state index in [9.17, 15) is 9.59 Å². The van der Waals surface area contributed by atoms with Crippen molar-refractivity contribution in [1.82, 2.24) is 10.2 Å². The Hall–Kier alpha value is -2.66. The zero-order valence-electron chi connectivity index (χ0n) is 17.4. The van der Waals surface area contributed by atoms with Gasteiger partial charge in [-0.25, -0.2) is 0 Å². The molecule has 0 saturated carbocycles. The van der Waals surface area contributed by atoms with Crippen LogP contribution in [-0.2, 0) is 22.4 Å². The van der Waals surface area contributed by atoms with Gasteiger partial charge in [0.05, 0.1) is 11.8 Å². The third kappa shape index (κ3) is 5.67. The average Bonchev–Trinajstić information content (AvgIpc) is 3.20. The van der Waals surface area contributed by atoms with Gasteiger partial charge in [0.1, 0.15) is 0 Å². The number of carbonyl (C=O) groups excluding carboxylic acids is 2. The van der Waals surface area contributed by atoms with Crippen molar-refractivity contribution in [3.05, 3.63) is 70.8 Å². The Labute approximate surface area is 173 Å². The molecule has 1 heterocycles. The maximum absolute atomic E-state index is 13.3. The molecule has 1 aliphatic heterocycles.